The van der Waals surface area contributed by atoms with Crippen LogP contribution in [0.4, 0.5) is 0 Å². The molecule has 8 heteroatoms. The summed E-state index contributed by atoms with van der Waals surface area (Å²) in [6.45, 7) is 3.99. The minimum Gasteiger partial charge on any atom is -0.455 e. The summed E-state index contributed by atoms with van der Waals surface area (Å²) >= 11 is 0. The summed E-state index contributed by atoms with van der Waals surface area (Å²) in [7, 11) is -3.76. The van der Waals surface area contributed by atoms with Crippen molar-refractivity contribution in [1.29, 1.82) is 0 Å². The van der Waals surface area contributed by atoms with Crippen LogP contribution in [0.1, 0.15) is 64.4 Å². The summed E-state index contributed by atoms with van der Waals surface area (Å²) in [4.78, 5) is 34.3. The minimum atomic E-state index is -3.76. The second-order valence-electron chi connectivity index (χ2n) is 7.32. The lowest BCUT2D eigenvalue weighted by atomic mass is 9.83. The number of ether oxygens (including phenoxy) is 1. The van der Waals surface area contributed by atoms with Gasteiger partial charge in [-0.1, -0.05) is 30.3 Å². The molecule has 0 saturated heterocycles. The maximum Gasteiger partial charge on any atom is 0.705 e. The maximum atomic E-state index is 11.4. The van der Waals surface area contributed by atoms with Gasteiger partial charge < -0.3 is 18.0 Å². The van der Waals surface area contributed by atoms with Crippen molar-refractivity contribution in [2.75, 3.05) is 6.61 Å². The van der Waals surface area contributed by atoms with Crippen molar-refractivity contribution in [2.24, 2.45) is 0 Å². The van der Waals surface area contributed by atoms with E-state index < -0.39 is 26.7 Å². The predicted octanol–water partition coefficient (Wildman–Crippen LogP) is 3.75. The van der Waals surface area contributed by atoms with Crippen LogP contribution < -0.4 is 0 Å². The Bertz CT molecular complexity index is 643. The van der Waals surface area contributed by atoms with E-state index in [2.05, 4.69) is 24.3 Å². The molecule has 1 fully saturated rings. The summed E-state index contributed by atoms with van der Waals surface area (Å²) in [6.07, 6.45) is 4.78. The fraction of sp³-hybridized carbons (Fsp3) is 0.571. The first-order chi connectivity index (χ1) is 13.8. The van der Waals surface area contributed by atoms with Crippen molar-refractivity contribution in [2.45, 2.75) is 70.9 Å². The standard InChI is InChI=1S/C21H30O7Si/c1-16(22)26-29(27-17(2)23,28-18(3)24)15-7-14-25-21-12-10-20(11-13-21)19-8-5-4-6-9-19/h4-6,8-9,20-21H,7,10-15H2,1-3H3/t20-,21-. The SMILES string of the molecule is CC(=O)O[Si](CCCO[C@H]1CC[C@H](c2ccccc2)CC1)(OC(C)=O)OC(C)=O. The number of carbonyl (C=O) groups excluding carboxylic acids is 3. The molecule has 1 aromatic rings. The molecule has 1 aromatic carbocycles. The molecule has 0 N–H and O–H groups in total. The lowest BCUT2D eigenvalue weighted by molar-refractivity contribution is -0.147. The van der Waals surface area contributed by atoms with E-state index >= 15 is 0 Å². The molecule has 0 unspecified atom stereocenters. The van der Waals surface area contributed by atoms with Crippen molar-refractivity contribution >= 4 is 26.7 Å². The average Bonchev–Trinajstić information content (AvgIpc) is 2.65. The van der Waals surface area contributed by atoms with E-state index in [1.807, 2.05) is 6.07 Å². The largest absolute Gasteiger partial charge is 0.705 e. The van der Waals surface area contributed by atoms with Crippen molar-refractivity contribution in [1.82, 2.24) is 0 Å². The molecule has 1 aliphatic carbocycles. The molecule has 7 nitrogen and oxygen atoms in total. The highest BCUT2D eigenvalue weighted by Gasteiger charge is 2.51. The number of hydrogen-bond donors (Lipinski definition) is 0. The second kappa shape index (κ2) is 11.1. The van der Waals surface area contributed by atoms with Crippen LogP contribution in [-0.4, -0.2) is 39.4 Å². The zero-order chi connectivity index (χ0) is 21.3. The van der Waals surface area contributed by atoms with Crippen molar-refractivity contribution in [3.8, 4) is 0 Å². The lowest BCUT2D eigenvalue weighted by Gasteiger charge is -2.29. The molecule has 0 atom stereocenters. The lowest BCUT2D eigenvalue weighted by Crippen LogP contribution is -2.49. The van der Waals surface area contributed by atoms with Crippen LogP contribution >= 0.6 is 0 Å². The van der Waals surface area contributed by atoms with Gasteiger partial charge in [0.25, 0.3) is 17.9 Å². The Morgan fingerprint density at radius 3 is 1.86 bits per heavy atom. The smallest absolute Gasteiger partial charge is 0.455 e. The topological polar surface area (TPSA) is 88.1 Å². The number of benzene rings is 1. The van der Waals surface area contributed by atoms with Gasteiger partial charge in [0.15, 0.2) is 0 Å². The van der Waals surface area contributed by atoms with Gasteiger partial charge in [0.2, 0.25) is 0 Å². The molecule has 0 aromatic heterocycles. The van der Waals surface area contributed by atoms with Crippen molar-refractivity contribution in [3.63, 3.8) is 0 Å². The van der Waals surface area contributed by atoms with E-state index in [9.17, 15) is 14.4 Å². The Morgan fingerprint density at radius 1 is 0.862 bits per heavy atom. The van der Waals surface area contributed by atoms with Crippen LogP contribution in [0.15, 0.2) is 30.3 Å². The zero-order valence-corrected chi connectivity index (χ0v) is 18.3. The molecule has 160 valence electrons. The van der Waals surface area contributed by atoms with Crippen LogP contribution in [0.3, 0.4) is 0 Å². The molecule has 1 aliphatic rings. The summed E-state index contributed by atoms with van der Waals surface area (Å²) in [6, 6.07) is 10.7. The summed E-state index contributed by atoms with van der Waals surface area (Å²) < 4.78 is 21.5. The molecule has 0 heterocycles. The van der Waals surface area contributed by atoms with E-state index in [0.29, 0.717) is 18.9 Å². The van der Waals surface area contributed by atoms with E-state index in [0.717, 1.165) is 25.7 Å². The molecule has 0 spiro atoms. The van der Waals surface area contributed by atoms with Crippen LogP contribution in [0, 0.1) is 0 Å². The van der Waals surface area contributed by atoms with Gasteiger partial charge >= 0.3 is 8.80 Å². The van der Waals surface area contributed by atoms with Crippen LogP contribution in [0.25, 0.3) is 0 Å². The first kappa shape index (κ1) is 23.1. The third-order valence-corrected chi connectivity index (χ3v) is 7.59. The van der Waals surface area contributed by atoms with Crippen LogP contribution in [-0.2, 0) is 32.4 Å². The molecule has 1 saturated carbocycles. The van der Waals surface area contributed by atoms with E-state index in [-0.39, 0.29) is 12.1 Å². The summed E-state index contributed by atoms with van der Waals surface area (Å²) in [5, 5.41) is 0. The maximum absolute atomic E-state index is 11.4. The predicted molar refractivity (Wildman–Crippen MR) is 108 cm³/mol. The van der Waals surface area contributed by atoms with Crippen LogP contribution in [0.2, 0.25) is 6.04 Å². The fourth-order valence-corrected chi connectivity index (χ4v) is 6.02. The highest BCUT2D eigenvalue weighted by Crippen LogP contribution is 2.34. The van der Waals surface area contributed by atoms with Gasteiger partial charge in [-0.15, -0.1) is 0 Å². The number of rotatable bonds is 9. The van der Waals surface area contributed by atoms with E-state index in [1.165, 1.54) is 26.3 Å². The Hall–Kier alpha value is -2.19. The average molecular weight is 423 g/mol. The molecule has 0 amide bonds. The Balaban J connectivity index is 1.81. The molecular weight excluding hydrogens is 392 g/mol. The fourth-order valence-electron chi connectivity index (χ4n) is 3.70. The monoisotopic (exact) mass is 422 g/mol. The molecule has 0 radical (unpaired) electrons. The highest BCUT2D eigenvalue weighted by molar-refractivity contribution is 6.65. The van der Waals surface area contributed by atoms with Crippen LogP contribution in [0.5, 0.6) is 0 Å². The Morgan fingerprint density at radius 2 is 1.38 bits per heavy atom. The van der Waals surface area contributed by atoms with Crippen molar-refractivity contribution < 1.29 is 32.4 Å². The minimum absolute atomic E-state index is 0.144. The highest BCUT2D eigenvalue weighted by atomic mass is 28.4. The number of carbonyl (C=O) groups is 3. The first-order valence-corrected chi connectivity index (χ1v) is 12.0. The molecule has 29 heavy (non-hydrogen) atoms. The van der Waals surface area contributed by atoms with E-state index in [1.54, 1.807) is 0 Å². The van der Waals surface area contributed by atoms with Gasteiger partial charge in [0, 0.05) is 27.4 Å². The molecular formula is C21H30O7Si. The third-order valence-electron chi connectivity index (χ3n) is 4.82. The quantitative estimate of drug-likeness (QED) is 0.442. The van der Waals surface area contributed by atoms with Gasteiger partial charge in [0.1, 0.15) is 0 Å². The van der Waals surface area contributed by atoms with Gasteiger partial charge in [-0.2, -0.15) is 0 Å². The normalized spacial score (nSPS) is 19.3. The summed E-state index contributed by atoms with van der Waals surface area (Å²) in [5.41, 5.74) is 1.38. The van der Waals surface area contributed by atoms with E-state index in [4.69, 9.17) is 18.0 Å². The van der Waals surface area contributed by atoms with Crippen molar-refractivity contribution in [3.05, 3.63) is 35.9 Å². The zero-order valence-electron chi connectivity index (χ0n) is 17.3. The van der Waals surface area contributed by atoms with Gasteiger partial charge in [-0.25, -0.2) is 0 Å². The third kappa shape index (κ3) is 7.98. The molecule has 0 bridgehead atoms. The Labute approximate surface area is 173 Å². The van der Waals surface area contributed by atoms with Gasteiger partial charge in [0.05, 0.1) is 12.1 Å². The van der Waals surface area contributed by atoms with Gasteiger partial charge in [-0.05, 0) is 43.6 Å². The summed E-state index contributed by atoms with van der Waals surface area (Å²) in [5.74, 6) is -1.38. The first-order valence-electron chi connectivity index (χ1n) is 10.0. The number of hydrogen-bond acceptors (Lipinski definition) is 7. The molecule has 0 aliphatic heterocycles. The Kier molecular flexibility index (Phi) is 8.85. The van der Waals surface area contributed by atoms with Gasteiger partial charge in [-0.3, -0.25) is 14.4 Å². The second-order valence-corrected chi connectivity index (χ2v) is 9.80. The molecule has 2 rings (SSSR count).